The lowest BCUT2D eigenvalue weighted by atomic mass is 9.92. The van der Waals surface area contributed by atoms with Gasteiger partial charge in [-0.05, 0) is 32.1 Å². The predicted octanol–water partition coefficient (Wildman–Crippen LogP) is 2.64. The van der Waals surface area contributed by atoms with Gasteiger partial charge in [0.05, 0.1) is 5.69 Å². The van der Waals surface area contributed by atoms with Crippen LogP contribution in [0, 0.1) is 0 Å². The van der Waals surface area contributed by atoms with Crippen LogP contribution < -0.4 is 10.2 Å². The van der Waals surface area contributed by atoms with Gasteiger partial charge < -0.3 is 10.2 Å². The summed E-state index contributed by atoms with van der Waals surface area (Å²) in [6.45, 7) is 0.939. The summed E-state index contributed by atoms with van der Waals surface area (Å²) in [5.41, 5.74) is 1.33. The molecule has 2 aromatic rings. The Balaban J connectivity index is 1.66. The normalized spacial score (nSPS) is 19.8. The number of nitrogens with one attached hydrogen (secondary N) is 1. The second kappa shape index (κ2) is 4.49. The summed E-state index contributed by atoms with van der Waals surface area (Å²) in [5.74, 6) is 1.18. The summed E-state index contributed by atoms with van der Waals surface area (Å²) in [4.78, 5) is 8.36. The Morgan fingerprint density at radius 2 is 2.26 bits per heavy atom. The van der Waals surface area contributed by atoms with Crippen LogP contribution >= 0.6 is 11.3 Å². The van der Waals surface area contributed by atoms with Gasteiger partial charge in [0, 0.05) is 37.3 Å². The molecule has 0 aromatic carbocycles. The highest BCUT2D eigenvalue weighted by molar-refractivity contribution is 7.15. The first kappa shape index (κ1) is 11.7. The number of hydrogen-bond donors (Lipinski definition) is 1. The van der Waals surface area contributed by atoms with E-state index in [0.29, 0.717) is 6.04 Å². The van der Waals surface area contributed by atoms with Crippen molar-refractivity contribution in [3.63, 3.8) is 0 Å². The molecule has 0 bridgehead atoms. The molecule has 0 saturated heterocycles. The molecule has 1 N–H and O–H groups in total. The Hall–Kier alpha value is -1.07. The van der Waals surface area contributed by atoms with Gasteiger partial charge in [-0.25, -0.2) is 4.98 Å². The van der Waals surface area contributed by atoms with Crippen molar-refractivity contribution in [2.45, 2.75) is 50.7 Å². The van der Waals surface area contributed by atoms with Gasteiger partial charge >= 0.3 is 0 Å². The summed E-state index contributed by atoms with van der Waals surface area (Å²) in [6, 6.07) is 1.44. The standard InChI is InChI=1S/C14H20N4S/c1-17(11-3-2-4-11)13-12(9-15-10-5-6-10)18-7-8-19-14(18)16-13/h7-8,10-11,15H,2-6,9H2,1H3. The summed E-state index contributed by atoms with van der Waals surface area (Å²) in [7, 11) is 2.21. The Morgan fingerprint density at radius 3 is 2.95 bits per heavy atom. The van der Waals surface area contributed by atoms with Crippen molar-refractivity contribution < 1.29 is 0 Å². The summed E-state index contributed by atoms with van der Waals surface area (Å²) >= 11 is 1.72. The molecule has 2 saturated carbocycles. The van der Waals surface area contributed by atoms with Gasteiger partial charge in [0.25, 0.3) is 0 Å². The Bertz CT molecular complexity index is 579. The third-order valence-corrected chi connectivity index (χ3v) is 5.19. The molecule has 2 aliphatic rings. The number of hydrogen-bond acceptors (Lipinski definition) is 4. The van der Waals surface area contributed by atoms with Crippen molar-refractivity contribution >= 4 is 22.1 Å². The second-order valence-electron chi connectivity index (χ2n) is 5.79. The van der Waals surface area contributed by atoms with Crippen molar-refractivity contribution in [2.24, 2.45) is 0 Å². The molecule has 0 aliphatic heterocycles. The van der Waals surface area contributed by atoms with E-state index in [1.54, 1.807) is 11.3 Å². The maximum atomic E-state index is 4.84. The number of thiazole rings is 1. The van der Waals surface area contributed by atoms with Gasteiger partial charge in [-0.15, -0.1) is 11.3 Å². The Labute approximate surface area is 117 Å². The van der Waals surface area contributed by atoms with Crippen LogP contribution in [0.2, 0.25) is 0 Å². The fourth-order valence-electron chi connectivity index (χ4n) is 2.74. The number of fused-ring (bicyclic) bond motifs is 1. The molecular formula is C14H20N4S. The van der Waals surface area contributed by atoms with E-state index in [-0.39, 0.29) is 0 Å². The second-order valence-corrected chi connectivity index (χ2v) is 6.66. The van der Waals surface area contributed by atoms with Gasteiger partial charge in [0.2, 0.25) is 0 Å². The molecule has 0 spiro atoms. The summed E-state index contributed by atoms with van der Waals surface area (Å²) in [5, 5.41) is 5.75. The fraction of sp³-hybridized carbons (Fsp3) is 0.643. The number of anilines is 1. The lowest BCUT2D eigenvalue weighted by molar-refractivity contribution is 0.398. The van der Waals surface area contributed by atoms with E-state index < -0.39 is 0 Å². The van der Waals surface area contributed by atoms with Crippen LogP contribution in [0.15, 0.2) is 11.6 Å². The highest BCUT2D eigenvalue weighted by atomic mass is 32.1. The third-order valence-electron chi connectivity index (χ3n) is 4.43. The van der Waals surface area contributed by atoms with Gasteiger partial charge in [0.15, 0.2) is 10.8 Å². The van der Waals surface area contributed by atoms with E-state index in [2.05, 4.69) is 33.2 Å². The monoisotopic (exact) mass is 276 g/mol. The lowest BCUT2D eigenvalue weighted by Crippen LogP contribution is -2.38. The quantitative estimate of drug-likeness (QED) is 0.911. The zero-order valence-electron chi connectivity index (χ0n) is 11.3. The van der Waals surface area contributed by atoms with Gasteiger partial charge in [-0.2, -0.15) is 0 Å². The summed E-state index contributed by atoms with van der Waals surface area (Å²) < 4.78 is 2.25. The van der Waals surface area contributed by atoms with E-state index in [0.717, 1.165) is 17.5 Å². The molecule has 102 valence electrons. The van der Waals surface area contributed by atoms with Gasteiger partial charge in [0.1, 0.15) is 0 Å². The van der Waals surface area contributed by atoms with Crippen molar-refractivity contribution in [1.29, 1.82) is 0 Å². The minimum atomic E-state index is 0.698. The maximum Gasteiger partial charge on any atom is 0.195 e. The van der Waals surface area contributed by atoms with Crippen LogP contribution in [-0.2, 0) is 6.54 Å². The highest BCUT2D eigenvalue weighted by Gasteiger charge is 2.28. The van der Waals surface area contributed by atoms with Crippen LogP contribution in [-0.4, -0.2) is 28.5 Å². The minimum absolute atomic E-state index is 0.698. The SMILES string of the molecule is CN(c1nc2sccn2c1CNC1CC1)C1CCC1. The molecular weight excluding hydrogens is 256 g/mol. The van der Waals surface area contributed by atoms with Gasteiger partial charge in [-0.1, -0.05) is 0 Å². The van der Waals surface area contributed by atoms with E-state index >= 15 is 0 Å². The largest absolute Gasteiger partial charge is 0.355 e. The number of aromatic nitrogens is 2. The van der Waals surface area contributed by atoms with Crippen LogP contribution in [0.3, 0.4) is 0 Å². The molecule has 2 fully saturated rings. The van der Waals surface area contributed by atoms with E-state index in [1.807, 2.05) is 0 Å². The molecule has 4 rings (SSSR count). The highest BCUT2D eigenvalue weighted by Crippen LogP contribution is 2.32. The van der Waals surface area contributed by atoms with Crippen LogP contribution in [0.1, 0.15) is 37.8 Å². The molecule has 5 heteroatoms. The zero-order valence-corrected chi connectivity index (χ0v) is 12.1. The maximum absolute atomic E-state index is 4.84. The van der Waals surface area contributed by atoms with Crippen molar-refractivity contribution in [3.05, 3.63) is 17.3 Å². The molecule has 0 radical (unpaired) electrons. The third kappa shape index (κ3) is 2.05. The zero-order chi connectivity index (χ0) is 12.8. The number of nitrogens with zero attached hydrogens (tertiary/aromatic N) is 3. The Morgan fingerprint density at radius 1 is 1.42 bits per heavy atom. The van der Waals surface area contributed by atoms with Gasteiger partial charge in [-0.3, -0.25) is 4.40 Å². The predicted molar refractivity (Wildman–Crippen MR) is 79.0 cm³/mol. The van der Waals surface area contributed by atoms with Crippen LogP contribution in [0.4, 0.5) is 5.82 Å². The first-order chi connectivity index (χ1) is 9.33. The first-order valence-electron chi connectivity index (χ1n) is 7.23. The van der Waals surface area contributed by atoms with Crippen LogP contribution in [0.25, 0.3) is 4.96 Å². The van der Waals surface area contributed by atoms with E-state index in [9.17, 15) is 0 Å². The van der Waals surface area contributed by atoms with Crippen molar-refractivity contribution in [2.75, 3.05) is 11.9 Å². The van der Waals surface area contributed by atoms with Crippen molar-refractivity contribution in [3.8, 4) is 0 Å². The topological polar surface area (TPSA) is 32.6 Å². The minimum Gasteiger partial charge on any atom is -0.355 e. The lowest BCUT2D eigenvalue weighted by Gasteiger charge is -2.35. The molecule has 2 aromatic heterocycles. The summed E-state index contributed by atoms with van der Waals surface area (Å²) in [6.07, 6.45) is 8.81. The molecule has 0 atom stereocenters. The Kier molecular flexibility index (Phi) is 2.77. The van der Waals surface area contributed by atoms with Crippen molar-refractivity contribution in [1.82, 2.24) is 14.7 Å². The molecule has 0 unspecified atom stereocenters. The van der Waals surface area contributed by atoms with Crippen LogP contribution in [0.5, 0.6) is 0 Å². The fourth-order valence-corrected chi connectivity index (χ4v) is 3.47. The van der Waals surface area contributed by atoms with E-state index in [1.165, 1.54) is 43.6 Å². The molecule has 2 heterocycles. The average molecular weight is 276 g/mol. The van der Waals surface area contributed by atoms with E-state index in [4.69, 9.17) is 4.98 Å². The molecule has 0 amide bonds. The smallest absolute Gasteiger partial charge is 0.195 e. The molecule has 4 nitrogen and oxygen atoms in total. The average Bonchev–Trinajstić information content (AvgIpc) is 2.93. The molecule has 19 heavy (non-hydrogen) atoms. The first-order valence-corrected chi connectivity index (χ1v) is 8.11. The number of rotatable bonds is 5. The molecule has 2 aliphatic carbocycles. The number of imidazole rings is 1.